The van der Waals surface area contributed by atoms with E-state index in [1.165, 1.54) is 27.6 Å². The van der Waals surface area contributed by atoms with E-state index in [-0.39, 0.29) is 23.3 Å². The van der Waals surface area contributed by atoms with Gasteiger partial charge in [0.2, 0.25) is 5.91 Å². The van der Waals surface area contributed by atoms with Gasteiger partial charge < -0.3 is 9.64 Å². The fraction of sp³-hybridized carbons (Fsp3) is 0.353. The van der Waals surface area contributed by atoms with Crippen molar-refractivity contribution in [3.63, 3.8) is 0 Å². The lowest BCUT2D eigenvalue weighted by atomic mass is 10.2. The average molecular weight is 362 g/mol. The highest BCUT2D eigenvalue weighted by Gasteiger charge is 2.39. The van der Waals surface area contributed by atoms with Gasteiger partial charge in [-0.1, -0.05) is 30.5 Å². The summed E-state index contributed by atoms with van der Waals surface area (Å²) in [5, 5.41) is 11.5. The summed E-state index contributed by atoms with van der Waals surface area (Å²) < 4.78 is 4.95. The van der Waals surface area contributed by atoms with Crippen molar-refractivity contribution in [3.05, 3.63) is 45.6 Å². The molecule has 1 aromatic heterocycles. The number of thiophene rings is 1. The summed E-state index contributed by atoms with van der Waals surface area (Å²) in [4.78, 5) is 27.3. The van der Waals surface area contributed by atoms with Crippen LogP contribution in [0, 0.1) is 11.3 Å². The lowest BCUT2D eigenvalue weighted by Crippen LogP contribution is -2.29. The first kappa shape index (κ1) is 18.3. The van der Waals surface area contributed by atoms with Gasteiger partial charge in [-0.3, -0.25) is 4.79 Å². The SMILES string of the molecule is C=CCOC(=O)/C(C#N)=C1\SC(CCc2cccs2)C(=O)N1CC. The number of thioether (sulfide) groups is 1. The number of nitriles is 1. The molecule has 126 valence electrons. The van der Waals surface area contributed by atoms with Gasteiger partial charge in [0, 0.05) is 11.4 Å². The lowest BCUT2D eigenvalue weighted by molar-refractivity contribution is -0.137. The number of nitrogens with zero attached hydrogens (tertiary/aromatic N) is 2. The summed E-state index contributed by atoms with van der Waals surface area (Å²) in [6.07, 6.45) is 2.91. The van der Waals surface area contributed by atoms with Crippen molar-refractivity contribution in [1.82, 2.24) is 4.90 Å². The maximum atomic E-state index is 12.6. The fourth-order valence-electron chi connectivity index (χ4n) is 2.31. The molecule has 1 atom stereocenters. The third kappa shape index (κ3) is 4.08. The van der Waals surface area contributed by atoms with Gasteiger partial charge in [0.05, 0.1) is 5.25 Å². The number of hydrogen-bond donors (Lipinski definition) is 0. The Morgan fingerprint density at radius 1 is 1.58 bits per heavy atom. The Morgan fingerprint density at radius 2 is 2.38 bits per heavy atom. The predicted molar refractivity (Wildman–Crippen MR) is 95.2 cm³/mol. The topological polar surface area (TPSA) is 70.4 Å². The molecule has 1 unspecified atom stereocenters. The van der Waals surface area contributed by atoms with Crippen LogP contribution in [0.5, 0.6) is 0 Å². The summed E-state index contributed by atoms with van der Waals surface area (Å²) >= 11 is 2.94. The number of esters is 1. The molecule has 1 amide bonds. The molecule has 1 aliphatic rings. The first-order valence-electron chi connectivity index (χ1n) is 7.55. The van der Waals surface area contributed by atoms with Crippen LogP contribution in [0.4, 0.5) is 0 Å². The molecule has 0 aromatic carbocycles. The van der Waals surface area contributed by atoms with Crippen LogP contribution >= 0.6 is 23.1 Å². The highest BCUT2D eigenvalue weighted by Crippen LogP contribution is 2.39. The van der Waals surface area contributed by atoms with Gasteiger partial charge in [-0.15, -0.1) is 11.3 Å². The number of ether oxygens (including phenoxy) is 1. The van der Waals surface area contributed by atoms with Gasteiger partial charge in [0.15, 0.2) is 5.57 Å². The molecule has 0 radical (unpaired) electrons. The van der Waals surface area contributed by atoms with Gasteiger partial charge in [-0.05, 0) is 31.2 Å². The maximum Gasteiger partial charge on any atom is 0.351 e. The fourth-order valence-corrected chi connectivity index (χ4v) is 4.37. The van der Waals surface area contributed by atoms with E-state index >= 15 is 0 Å². The zero-order chi connectivity index (χ0) is 17.5. The van der Waals surface area contributed by atoms with Crippen LogP contribution in [0.25, 0.3) is 0 Å². The van der Waals surface area contributed by atoms with Crippen molar-refractivity contribution in [2.45, 2.75) is 25.0 Å². The smallest absolute Gasteiger partial charge is 0.351 e. The summed E-state index contributed by atoms with van der Waals surface area (Å²) in [6.45, 7) is 5.74. The molecule has 0 spiro atoms. The maximum absolute atomic E-state index is 12.6. The molecular weight excluding hydrogens is 344 g/mol. The first-order chi connectivity index (χ1) is 11.6. The Hall–Kier alpha value is -2.04. The molecule has 0 bridgehead atoms. The van der Waals surface area contributed by atoms with E-state index in [1.54, 1.807) is 11.3 Å². The largest absolute Gasteiger partial charge is 0.457 e. The zero-order valence-electron chi connectivity index (χ0n) is 13.4. The molecule has 2 rings (SSSR count). The number of rotatable bonds is 7. The minimum absolute atomic E-state index is 0.0316. The van der Waals surface area contributed by atoms with Gasteiger partial charge in [0.1, 0.15) is 17.7 Å². The molecule has 7 heteroatoms. The molecule has 2 heterocycles. The van der Waals surface area contributed by atoms with Crippen LogP contribution in [0.3, 0.4) is 0 Å². The number of hydrogen-bond acceptors (Lipinski definition) is 6. The molecule has 24 heavy (non-hydrogen) atoms. The van der Waals surface area contributed by atoms with E-state index in [1.807, 2.05) is 30.5 Å². The first-order valence-corrected chi connectivity index (χ1v) is 9.31. The van der Waals surface area contributed by atoms with Gasteiger partial charge >= 0.3 is 5.97 Å². The molecule has 0 N–H and O–H groups in total. The molecule has 0 saturated carbocycles. The van der Waals surface area contributed by atoms with E-state index in [0.29, 0.717) is 18.0 Å². The van der Waals surface area contributed by atoms with Crippen LogP contribution in [0.1, 0.15) is 18.2 Å². The Morgan fingerprint density at radius 3 is 2.96 bits per heavy atom. The minimum atomic E-state index is -0.718. The highest BCUT2D eigenvalue weighted by atomic mass is 32.2. The molecule has 1 fully saturated rings. The standard InChI is InChI=1S/C17H18N2O3S2/c1-3-9-22-17(21)13(11-18)16-19(4-2)15(20)14(24-16)8-7-12-6-5-10-23-12/h3,5-6,10,14H,1,4,7-9H2,2H3/b16-13-. The molecule has 1 saturated heterocycles. The van der Waals surface area contributed by atoms with E-state index in [0.717, 1.165) is 6.42 Å². The average Bonchev–Trinajstić information content (AvgIpc) is 3.20. The monoisotopic (exact) mass is 362 g/mol. The third-order valence-electron chi connectivity index (χ3n) is 3.45. The van der Waals surface area contributed by atoms with Crippen LogP contribution in [-0.2, 0) is 20.7 Å². The quantitative estimate of drug-likeness (QED) is 0.323. The lowest BCUT2D eigenvalue weighted by Gasteiger charge is -2.15. The van der Waals surface area contributed by atoms with Gasteiger partial charge in [0.25, 0.3) is 0 Å². The van der Waals surface area contributed by atoms with E-state index in [9.17, 15) is 14.9 Å². The number of carbonyl (C=O) groups is 2. The van der Waals surface area contributed by atoms with Crippen LogP contribution in [-0.4, -0.2) is 35.2 Å². The molecule has 0 aliphatic carbocycles. The second-order valence-corrected chi connectivity index (χ2v) is 7.21. The molecular formula is C17H18N2O3S2. The Kier molecular flexibility index (Phi) is 6.64. The van der Waals surface area contributed by atoms with Crippen molar-refractivity contribution in [2.75, 3.05) is 13.2 Å². The summed E-state index contributed by atoms with van der Waals surface area (Å²) in [6, 6.07) is 5.91. The summed E-state index contributed by atoms with van der Waals surface area (Å²) in [7, 11) is 0. The number of aryl methyl sites for hydroxylation is 1. The van der Waals surface area contributed by atoms with Crippen molar-refractivity contribution in [3.8, 4) is 6.07 Å². The van der Waals surface area contributed by atoms with Crippen LogP contribution < -0.4 is 0 Å². The summed E-state index contributed by atoms with van der Waals surface area (Å²) in [5.74, 6) is -0.775. The van der Waals surface area contributed by atoms with E-state index < -0.39 is 5.97 Å². The molecule has 1 aliphatic heterocycles. The van der Waals surface area contributed by atoms with Crippen molar-refractivity contribution >= 4 is 35.0 Å². The normalized spacial score (nSPS) is 19.1. The van der Waals surface area contributed by atoms with Gasteiger partial charge in [-0.25, -0.2) is 4.79 Å². The Balaban J connectivity index is 2.17. The summed E-state index contributed by atoms with van der Waals surface area (Å²) in [5.41, 5.74) is -0.115. The third-order valence-corrected chi connectivity index (χ3v) is 5.76. The van der Waals surface area contributed by atoms with Crippen LogP contribution in [0.2, 0.25) is 0 Å². The second kappa shape index (κ2) is 8.71. The van der Waals surface area contributed by atoms with Crippen molar-refractivity contribution < 1.29 is 14.3 Å². The van der Waals surface area contributed by atoms with Crippen molar-refractivity contribution in [2.24, 2.45) is 0 Å². The molecule has 5 nitrogen and oxygen atoms in total. The van der Waals surface area contributed by atoms with E-state index in [4.69, 9.17) is 4.74 Å². The number of amides is 1. The molecule has 1 aromatic rings. The van der Waals surface area contributed by atoms with Crippen LogP contribution in [0.15, 0.2) is 40.8 Å². The predicted octanol–water partition coefficient (Wildman–Crippen LogP) is 3.11. The van der Waals surface area contributed by atoms with Crippen molar-refractivity contribution in [1.29, 1.82) is 5.26 Å². The van der Waals surface area contributed by atoms with Gasteiger partial charge in [-0.2, -0.15) is 5.26 Å². The Labute approximate surface area is 149 Å². The van der Waals surface area contributed by atoms with E-state index in [2.05, 4.69) is 6.58 Å². The highest BCUT2D eigenvalue weighted by molar-refractivity contribution is 8.04. The zero-order valence-corrected chi connectivity index (χ0v) is 15.0. The minimum Gasteiger partial charge on any atom is -0.457 e. The number of carbonyl (C=O) groups excluding carboxylic acids is 2. The Bertz CT molecular complexity index is 689. The second-order valence-electron chi connectivity index (χ2n) is 4.99.